The van der Waals surface area contributed by atoms with Gasteiger partial charge in [-0.25, -0.2) is 15.0 Å². The Morgan fingerprint density at radius 1 is 0.273 bits per heavy atom. The summed E-state index contributed by atoms with van der Waals surface area (Å²) in [6, 6.07) is 80.6. The third-order valence-corrected chi connectivity index (χ3v) is 13.5. The van der Waals surface area contributed by atoms with Crippen LogP contribution in [-0.2, 0) is 0 Å². The number of rotatable bonds is 5. The Labute approximate surface area is 379 Å². The second kappa shape index (κ2) is 14.3. The van der Waals surface area contributed by atoms with Gasteiger partial charge in [-0.1, -0.05) is 176 Å². The number of nitrogens with zero attached hydrogens (tertiary/aromatic N) is 5. The zero-order chi connectivity index (χ0) is 43.3. The van der Waals surface area contributed by atoms with Crippen molar-refractivity contribution in [2.24, 2.45) is 0 Å². The van der Waals surface area contributed by atoms with Crippen LogP contribution >= 0.6 is 0 Å². The molecule has 0 radical (unpaired) electrons. The Morgan fingerprint density at radius 2 is 0.818 bits per heavy atom. The molecule has 14 rings (SSSR count). The molecule has 0 saturated carbocycles. The molecule has 0 aliphatic carbocycles. The van der Waals surface area contributed by atoms with Gasteiger partial charge in [-0.3, -0.25) is 0 Å². The highest BCUT2D eigenvalue weighted by molar-refractivity contribution is 6.30. The molecule has 0 fully saturated rings. The number of fused-ring (bicyclic) bond motifs is 12. The van der Waals surface area contributed by atoms with E-state index in [0.29, 0.717) is 17.5 Å². The predicted molar refractivity (Wildman–Crippen MR) is 275 cm³/mol. The Kier molecular flexibility index (Phi) is 7.91. The van der Waals surface area contributed by atoms with Crippen LogP contribution in [0.25, 0.3) is 132 Å². The zero-order valence-electron chi connectivity index (χ0n) is 35.6. The van der Waals surface area contributed by atoms with Crippen LogP contribution < -0.4 is 0 Å². The minimum atomic E-state index is 0.632. The second-order valence-corrected chi connectivity index (χ2v) is 17.2. The average Bonchev–Trinajstić information content (AvgIpc) is 3.91. The van der Waals surface area contributed by atoms with E-state index in [0.717, 1.165) is 55.3 Å². The van der Waals surface area contributed by atoms with Crippen LogP contribution in [0.5, 0.6) is 0 Å². The first-order valence-corrected chi connectivity index (χ1v) is 22.4. The predicted octanol–water partition coefficient (Wildman–Crippen LogP) is 15.7. The van der Waals surface area contributed by atoms with E-state index in [1.165, 1.54) is 59.5 Å². The molecule has 0 spiro atoms. The van der Waals surface area contributed by atoms with Crippen molar-refractivity contribution in [3.05, 3.63) is 224 Å². The van der Waals surface area contributed by atoms with E-state index in [1.807, 2.05) is 18.2 Å². The molecule has 3 heterocycles. The van der Waals surface area contributed by atoms with E-state index in [1.54, 1.807) is 0 Å². The molecule has 306 valence electrons. The Balaban J connectivity index is 0.996. The van der Waals surface area contributed by atoms with Crippen molar-refractivity contribution >= 4 is 86.7 Å². The van der Waals surface area contributed by atoms with Crippen molar-refractivity contribution in [2.75, 3.05) is 0 Å². The number of benzene rings is 11. The van der Waals surface area contributed by atoms with Crippen LogP contribution in [0.15, 0.2) is 224 Å². The third-order valence-electron chi connectivity index (χ3n) is 13.5. The van der Waals surface area contributed by atoms with Crippen molar-refractivity contribution < 1.29 is 0 Å². The van der Waals surface area contributed by atoms with Crippen molar-refractivity contribution in [1.82, 2.24) is 24.1 Å². The number of para-hydroxylation sites is 1. The van der Waals surface area contributed by atoms with Crippen LogP contribution in [0, 0.1) is 0 Å². The lowest BCUT2D eigenvalue weighted by Crippen LogP contribution is -2.00. The third kappa shape index (κ3) is 5.57. The minimum absolute atomic E-state index is 0.632. The van der Waals surface area contributed by atoms with Crippen molar-refractivity contribution in [3.8, 4) is 45.5 Å². The SMILES string of the molecule is c1ccc(-c2nc(-c3ccc4ccccc4c3)nc(-c3ccc4c(-n5c6ccccc6c6c5ccc5c7c8ccccc8ccc7n(-c7ccc8ccccc8c7)c56)cccc4c3)n2)cc1. The molecule has 11 aromatic carbocycles. The lowest BCUT2D eigenvalue weighted by molar-refractivity contribution is 1.07. The molecular weight excluding hydrogens is 803 g/mol. The van der Waals surface area contributed by atoms with Gasteiger partial charge in [-0.2, -0.15) is 0 Å². The molecule has 0 bridgehead atoms. The quantitative estimate of drug-likeness (QED) is 0.173. The first-order valence-electron chi connectivity index (χ1n) is 22.4. The Hall–Kier alpha value is -8.93. The summed E-state index contributed by atoms with van der Waals surface area (Å²) in [6.07, 6.45) is 0. The van der Waals surface area contributed by atoms with Gasteiger partial charge in [0.15, 0.2) is 17.5 Å². The second-order valence-electron chi connectivity index (χ2n) is 17.2. The molecule has 0 amide bonds. The van der Waals surface area contributed by atoms with Gasteiger partial charge in [0.1, 0.15) is 0 Å². The largest absolute Gasteiger partial charge is 0.309 e. The van der Waals surface area contributed by atoms with Crippen molar-refractivity contribution in [1.29, 1.82) is 0 Å². The van der Waals surface area contributed by atoms with Gasteiger partial charge in [0.25, 0.3) is 0 Å². The topological polar surface area (TPSA) is 48.5 Å². The van der Waals surface area contributed by atoms with Gasteiger partial charge in [0.2, 0.25) is 0 Å². The minimum Gasteiger partial charge on any atom is -0.309 e. The van der Waals surface area contributed by atoms with Crippen molar-refractivity contribution in [2.45, 2.75) is 0 Å². The molecule has 0 N–H and O–H groups in total. The summed E-state index contributed by atoms with van der Waals surface area (Å²) in [4.78, 5) is 15.3. The molecule has 5 heteroatoms. The zero-order valence-corrected chi connectivity index (χ0v) is 35.6. The van der Waals surface area contributed by atoms with Crippen molar-refractivity contribution in [3.63, 3.8) is 0 Å². The standard InChI is InChI=1S/C61H37N5/c1-2-16-41(17-3-1)59-62-60(45-26-25-38-13-4-6-18-42(38)35-45)64-61(63-59)46-28-31-48-44(36-46)20-12-24-52(48)66-53-23-11-10-22-50(53)57-55(66)34-32-51-56-49-21-9-8-15-40(49)29-33-54(56)65(58(51)57)47-30-27-39-14-5-7-19-43(39)37-47/h1-37H. The lowest BCUT2D eigenvalue weighted by atomic mass is 10.0. The molecule has 0 aliphatic rings. The molecule has 0 aliphatic heterocycles. The molecule has 3 aromatic heterocycles. The summed E-state index contributed by atoms with van der Waals surface area (Å²) >= 11 is 0. The molecule has 66 heavy (non-hydrogen) atoms. The van der Waals surface area contributed by atoms with Crippen LogP contribution in [0.3, 0.4) is 0 Å². The van der Waals surface area contributed by atoms with Gasteiger partial charge in [0, 0.05) is 49.3 Å². The van der Waals surface area contributed by atoms with Gasteiger partial charge >= 0.3 is 0 Å². The first kappa shape index (κ1) is 36.5. The first-order chi connectivity index (χ1) is 32.7. The fraction of sp³-hybridized carbons (Fsp3) is 0. The summed E-state index contributed by atoms with van der Waals surface area (Å²) < 4.78 is 4.96. The lowest BCUT2D eigenvalue weighted by Gasteiger charge is -2.13. The maximum atomic E-state index is 5.15. The number of hydrogen-bond acceptors (Lipinski definition) is 3. The maximum absolute atomic E-state index is 5.15. The van der Waals surface area contributed by atoms with Gasteiger partial charge in [0.05, 0.1) is 27.8 Å². The summed E-state index contributed by atoms with van der Waals surface area (Å²) in [6.45, 7) is 0. The highest BCUT2D eigenvalue weighted by Crippen LogP contribution is 2.45. The summed E-state index contributed by atoms with van der Waals surface area (Å²) in [5.74, 6) is 1.92. The van der Waals surface area contributed by atoms with E-state index in [-0.39, 0.29) is 0 Å². The van der Waals surface area contributed by atoms with E-state index in [2.05, 4.69) is 215 Å². The number of aromatic nitrogens is 5. The molecule has 14 aromatic rings. The van der Waals surface area contributed by atoms with Crippen LogP contribution in [0.4, 0.5) is 0 Å². The van der Waals surface area contributed by atoms with Gasteiger partial charge < -0.3 is 9.13 Å². The maximum Gasteiger partial charge on any atom is 0.164 e. The Bertz CT molecular complexity index is 4290. The fourth-order valence-corrected chi connectivity index (χ4v) is 10.4. The van der Waals surface area contributed by atoms with Crippen LogP contribution in [-0.4, -0.2) is 24.1 Å². The van der Waals surface area contributed by atoms with Crippen LogP contribution in [0.1, 0.15) is 0 Å². The normalized spacial score (nSPS) is 11.9. The number of hydrogen-bond donors (Lipinski definition) is 0. The highest BCUT2D eigenvalue weighted by Gasteiger charge is 2.23. The highest BCUT2D eigenvalue weighted by atomic mass is 15.0. The van der Waals surface area contributed by atoms with E-state index < -0.39 is 0 Å². The Morgan fingerprint density at radius 3 is 1.61 bits per heavy atom. The van der Waals surface area contributed by atoms with E-state index >= 15 is 0 Å². The van der Waals surface area contributed by atoms with E-state index in [4.69, 9.17) is 15.0 Å². The summed E-state index contributed by atoms with van der Waals surface area (Å²) in [5.41, 5.74) is 9.78. The van der Waals surface area contributed by atoms with Crippen LogP contribution in [0.2, 0.25) is 0 Å². The molecule has 0 atom stereocenters. The monoisotopic (exact) mass is 839 g/mol. The summed E-state index contributed by atoms with van der Waals surface area (Å²) in [7, 11) is 0. The molecule has 5 nitrogen and oxygen atoms in total. The van der Waals surface area contributed by atoms with Gasteiger partial charge in [-0.05, 0) is 86.2 Å². The smallest absolute Gasteiger partial charge is 0.164 e. The van der Waals surface area contributed by atoms with Gasteiger partial charge in [-0.15, -0.1) is 0 Å². The van der Waals surface area contributed by atoms with E-state index in [9.17, 15) is 0 Å². The molecule has 0 unspecified atom stereocenters. The summed E-state index contributed by atoms with van der Waals surface area (Å²) in [5, 5.41) is 14.4. The molecule has 0 saturated heterocycles. The average molecular weight is 840 g/mol. The fourth-order valence-electron chi connectivity index (χ4n) is 10.4. The molecular formula is C61H37N5.